The summed E-state index contributed by atoms with van der Waals surface area (Å²) in [5, 5.41) is 1.07. The van der Waals surface area contributed by atoms with Crippen molar-refractivity contribution < 1.29 is 8.42 Å². The molecule has 0 amide bonds. The fourth-order valence-corrected chi connectivity index (χ4v) is 3.62. The molecule has 0 aliphatic carbocycles. The number of rotatable bonds is 4. The van der Waals surface area contributed by atoms with Crippen LogP contribution in [0.3, 0.4) is 0 Å². The second-order valence-electron chi connectivity index (χ2n) is 6.34. The van der Waals surface area contributed by atoms with Crippen molar-refractivity contribution in [3.8, 4) is 0 Å². The molecule has 3 rings (SSSR count). The summed E-state index contributed by atoms with van der Waals surface area (Å²) >= 11 is 0. The van der Waals surface area contributed by atoms with E-state index in [1.807, 2.05) is 23.9 Å². The first kappa shape index (κ1) is 16.2. The maximum atomic E-state index is 11.5. The molecule has 0 saturated carbocycles. The lowest BCUT2D eigenvalue weighted by atomic mass is 9.97. The third kappa shape index (κ3) is 3.32. The van der Waals surface area contributed by atoms with E-state index >= 15 is 0 Å². The van der Waals surface area contributed by atoms with Crippen LogP contribution in [-0.4, -0.2) is 60.2 Å². The van der Waals surface area contributed by atoms with Gasteiger partial charge in [0.1, 0.15) is 17.8 Å². The van der Waals surface area contributed by atoms with Crippen LogP contribution in [0.15, 0.2) is 18.6 Å². The molecule has 8 heteroatoms. The van der Waals surface area contributed by atoms with Crippen molar-refractivity contribution in [1.82, 2.24) is 18.8 Å². The molecule has 23 heavy (non-hydrogen) atoms. The number of piperidine rings is 1. The topological polar surface area (TPSA) is 71.3 Å². The summed E-state index contributed by atoms with van der Waals surface area (Å²) < 4.78 is 26.5. The van der Waals surface area contributed by atoms with Crippen LogP contribution in [0.2, 0.25) is 0 Å². The van der Waals surface area contributed by atoms with Gasteiger partial charge in [0.05, 0.1) is 11.6 Å². The molecule has 0 atom stereocenters. The van der Waals surface area contributed by atoms with Crippen molar-refractivity contribution in [2.75, 3.05) is 37.8 Å². The summed E-state index contributed by atoms with van der Waals surface area (Å²) in [6.45, 7) is 2.38. The Bertz CT molecular complexity index is 793. The number of hydrogen-bond donors (Lipinski definition) is 0. The lowest BCUT2D eigenvalue weighted by Gasteiger charge is -2.34. The van der Waals surface area contributed by atoms with Crippen LogP contribution >= 0.6 is 0 Å². The number of aromatic nitrogens is 3. The fraction of sp³-hybridized carbons (Fsp3) is 0.600. The van der Waals surface area contributed by atoms with E-state index in [1.165, 1.54) is 10.6 Å². The first-order valence-corrected chi connectivity index (χ1v) is 9.63. The third-order valence-corrected chi connectivity index (χ3v) is 5.92. The second-order valence-corrected chi connectivity index (χ2v) is 8.42. The molecule has 0 unspecified atom stereocenters. The van der Waals surface area contributed by atoms with Crippen molar-refractivity contribution in [1.29, 1.82) is 0 Å². The Morgan fingerprint density at radius 2 is 2.00 bits per heavy atom. The third-order valence-electron chi connectivity index (χ3n) is 4.64. The van der Waals surface area contributed by atoms with Gasteiger partial charge in [-0.05, 0) is 24.8 Å². The lowest BCUT2D eigenvalue weighted by molar-refractivity contribution is 0.329. The second kappa shape index (κ2) is 6.09. The van der Waals surface area contributed by atoms with E-state index in [9.17, 15) is 8.42 Å². The van der Waals surface area contributed by atoms with Gasteiger partial charge in [0, 0.05) is 39.9 Å². The standard InChI is InChI=1S/C15H23N5O2S/c1-18-7-6-13-14(18)16-11-17-15(13)20-8-4-12(5-9-20)10-19(2)23(3,21)22/h6-7,11-12H,4-5,8-10H2,1-3H3. The van der Waals surface area contributed by atoms with E-state index in [0.29, 0.717) is 12.5 Å². The highest BCUT2D eigenvalue weighted by Gasteiger charge is 2.25. The van der Waals surface area contributed by atoms with E-state index in [-0.39, 0.29) is 0 Å². The normalized spacial score (nSPS) is 17.3. The number of hydrogen-bond acceptors (Lipinski definition) is 5. The minimum absolute atomic E-state index is 0.402. The molecule has 1 aliphatic heterocycles. The molecular formula is C15H23N5O2S. The molecule has 3 heterocycles. The highest BCUT2D eigenvalue weighted by Crippen LogP contribution is 2.28. The van der Waals surface area contributed by atoms with Crippen LogP contribution in [0, 0.1) is 5.92 Å². The molecule has 0 spiro atoms. The number of fused-ring (bicyclic) bond motifs is 1. The van der Waals surface area contributed by atoms with Gasteiger partial charge in [-0.3, -0.25) is 0 Å². The molecule has 0 aromatic carbocycles. The van der Waals surface area contributed by atoms with Gasteiger partial charge in [-0.15, -0.1) is 0 Å². The molecule has 1 fully saturated rings. The quantitative estimate of drug-likeness (QED) is 0.835. The highest BCUT2D eigenvalue weighted by atomic mass is 32.2. The predicted octanol–water partition coefficient (Wildman–Crippen LogP) is 1.08. The Balaban J connectivity index is 1.69. The van der Waals surface area contributed by atoms with Gasteiger partial charge in [-0.2, -0.15) is 0 Å². The van der Waals surface area contributed by atoms with Gasteiger partial charge in [0.15, 0.2) is 0 Å². The minimum Gasteiger partial charge on any atom is -0.356 e. The molecule has 0 radical (unpaired) electrons. The Morgan fingerprint density at radius 1 is 1.30 bits per heavy atom. The number of aryl methyl sites for hydroxylation is 1. The van der Waals surface area contributed by atoms with Gasteiger partial charge in [0.2, 0.25) is 10.0 Å². The summed E-state index contributed by atoms with van der Waals surface area (Å²) in [5.74, 6) is 1.38. The van der Waals surface area contributed by atoms with E-state index in [1.54, 1.807) is 13.4 Å². The monoisotopic (exact) mass is 337 g/mol. The van der Waals surface area contributed by atoms with Crippen LogP contribution in [-0.2, 0) is 17.1 Å². The molecular weight excluding hydrogens is 314 g/mol. The van der Waals surface area contributed by atoms with Crippen LogP contribution in [0.25, 0.3) is 11.0 Å². The van der Waals surface area contributed by atoms with E-state index < -0.39 is 10.0 Å². The Labute approximate surface area is 137 Å². The zero-order chi connectivity index (χ0) is 16.6. The van der Waals surface area contributed by atoms with Gasteiger partial charge in [-0.25, -0.2) is 22.7 Å². The summed E-state index contributed by atoms with van der Waals surface area (Å²) in [6.07, 6.45) is 6.81. The highest BCUT2D eigenvalue weighted by molar-refractivity contribution is 7.88. The summed E-state index contributed by atoms with van der Waals surface area (Å²) in [7, 11) is 0.533. The maximum Gasteiger partial charge on any atom is 0.210 e. The van der Waals surface area contributed by atoms with Crippen LogP contribution in [0.5, 0.6) is 0 Å². The van der Waals surface area contributed by atoms with Crippen molar-refractivity contribution in [2.24, 2.45) is 13.0 Å². The molecule has 7 nitrogen and oxygen atoms in total. The summed E-state index contributed by atoms with van der Waals surface area (Å²) in [4.78, 5) is 11.1. The van der Waals surface area contributed by atoms with Crippen molar-refractivity contribution in [2.45, 2.75) is 12.8 Å². The molecule has 1 saturated heterocycles. The maximum absolute atomic E-state index is 11.5. The van der Waals surface area contributed by atoms with Crippen LogP contribution < -0.4 is 4.90 Å². The van der Waals surface area contributed by atoms with Gasteiger partial charge in [0.25, 0.3) is 0 Å². The number of sulfonamides is 1. The first-order valence-electron chi connectivity index (χ1n) is 7.78. The predicted molar refractivity (Wildman–Crippen MR) is 90.9 cm³/mol. The SMILES string of the molecule is CN(CC1CCN(c2ncnc3c2ccn3C)CC1)S(C)(=O)=O. The number of nitrogens with zero attached hydrogens (tertiary/aromatic N) is 5. The molecule has 0 N–H and O–H groups in total. The largest absolute Gasteiger partial charge is 0.356 e. The Kier molecular flexibility index (Phi) is 4.29. The number of anilines is 1. The summed E-state index contributed by atoms with van der Waals surface area (Å²) in [6, 6.07) is 2.05. The molecule has 2 aromatic heterocycles. The van der Waals surface area contributed by atoms with E-state index in [0.717, 1.165) is 42.8 Å². The van der Waals surface area contributed by atoms with E-state index in [2.05, 4.69) is 14.9 Å². The van der Waals surface area contributed by atoms with Gasteiger partial charge < -0.3 is 9.47 Å². The average Bonchev–Trinajstić information content (AvgIpc) is 2.89. The lowest BCUT2D eigenvalue weighted by Crippen LogP contribution is -2.39. The zero-order valence-corrected chi connectivity index (χ0v) is 14.6. The minimum atomic E-state index is -3.10. The van der Waals surface area contributed by atoms with Crippen molar-refractivity contribution in [3.05, 3.63) is 18.6 Å². The molecule has 0 bridgehead atoms. The first-order chi connectivity index (χ1) is 10.9. The van der Waals surface area contributed by atoms with Crippen molar-refractivity contribution >= 4 is 26.9 Å². The van der Waals surface area contributed by atoms with Crippen LogP contribution in [0.4, 0.5) is 5.82 Å². The Morgan fingerprint density at radius 3 is 2.65 bits per heavy atom. The van der Waals surface area contributed by atoms with E-state index in [4.69, 9.17) is 0 Å². The fourth-order valence-electron chi connectivity index (χ4n) is 3.14. The van der Waals surface area contributed by atoms with Gasteiger partial charge in [-0.1, -0.05) is 0 Å². The van der Waals surface area contributed by atoms with Crippen molar-refractivity contribution in [3.63, 3.8) is 0 Å². The van der Waals surface area contributed by atoms with Crippen LogP contribution in [0.1, 0.15) is 12.8 Å². The smallest absolute Gasteiger partial charge is 0.210 e. The van der Waals surface area contributed by atoms with Gasteiger partial charge >= 0.3 is 0 Å². The summed E-state index contributed by atoms with van der Waals surface area (Å²) in [5.41, 5.74) is 0.939. The average molecular weight is 337 g/mol. The Hall–Kier alpha value is -1.67. The molecule has 1 aliphatic rings. The zero-order valence-electron chi connectivity index (χ0n) is 13.8. The molecule has 2 aromatic rings. The molecule has 126 valence electrons.